The van der Waals surface area contributed by atoms with E-state index in [-0.39, 0.29) is 11.8 Å². The number of anilines is 1. The molecule has 31 heavy (non-hydrogen) atoms. The monoisotopic (exact) mass is 424 g/mol. The van der Waals surface area contributed by atoms with Crippen LogP contribution >= 0.6 is 0 Å². The lowest BCUT2D eigenvalue weighted by Gasteiger charge is -2.13. The summed E-state index contributed by atoms with van der Waals surface area (Å²) >= 11 is 0. The Bertz CT molecular complexity index is 905. The lowest BCUT2D eigenvalue weighted by atomic mass is 10.2. The smallest absolute Gasteiger partial charge is 0.338 e. The van der Waals surface area contributed by atoms with E-state index in [1.165, 1.54) is 6.08 Å². The number of ether oxygens (including phenoxy) is 2. The Labute approximate surface area is 182 Å². The van der Waals surface area contributed by atoms with Gasteiger partial charge in [-0.2, -0.15) is 0 Å². The molecule has 0 spiro atoms. The quantitative estimate of drug-likeness (QED) is 0.344. The number of hydrogen-bond acceptors (Lipinski definition) is 5. The van der Waals surface area contributed by atoms with Crippen LogP contribution in [-0.2, 0) is 14.3 Å². The predicted molar refractivity (Wildman–Crippen MR) is 120 cm³/mol. The maximum Gasteiger partial charge on any atom is 0.338 e. The topological polar surface area (TPSA) is 93.7 Å². The number of rotatable bonds is 10. The van der Waals surface area contributed by atoms with Crippen LogP contribution in [-0.4, -0.2) is 37.5 Å². The van der Waals surface area contributed by atoms with Gasteiger partial charge in [0.05, 0.1) is 19.3 Å². The van der Waals surface area contributed by atoms with Gasteiger partial charge in [0.1, 0.15) is 11.8 Å². The maximum absolute atomic E-state index is 12.3. The number of methoxy groups -OCH3 is 1. The molecule has 0 aromatic heterocycles. The summed E-state index contributed by atoms with van der Waals surface area (Å²) in [5, 5.41) is 5.32. The van der Waals surface area contributed by atoms with Gasteiger partial charge < -0.3 is 20.1 Å². The van der Waals surface area contributed by atoms with Crippen LogP contribution in [0.15, 0.2) is 54.6 Å². The summed E-state index contributed by atoms with van der Waals surface area (Å²) < 4.78 is 10.2. The lowest BCUT2D eigenvalue weighted by Crippen LogP contribution is -2.40. The number of carbonyl (C=O) groups is 3. The number of unbranched alkanes of at least 4 members (excludes halogenated alkanes) is 1. The second-order valence-electron chi connectivity index (χ2n) is 6.89. The van der Waals surface area contributed by atoms with Crippen LogP contribution in [0, 0.1) is 0 Å². The zero-order valence-corrected chi connectivity index (χ0v) is 18.0. The summed E-state index contributed by atoms with van der Waals surface area (Å²) in [6.07, 6.45) is 4.78. The molecule has 7 nitrogen and oxygen atoms in total. The van der Waals surface area contributed by atoms with Crippen molar-refractivity contribution in [2.75, 3.05) is 19.0 Å². The van der Waals surface area contributed by atoms with Gasteiger partial charge >= 0.3 is 5.97 Å². The highest BCUT2D eigenvalue weighted by molar-refractivity contribution is 6.00. The first-order valence-electron chi connectivity index (χ1n) is 10.1. The van der Waals surface area contributed by atoms with Crippen molar-refractivity contribution in [3.8, 4) is 5.75 Å². The molecule has 0 aliphatic carbocycles. The molecule has 2 rings (SSSR count). The lowest BCUT2D eigenvalue weighted by molar-refractivity contribution is -0.123. The summed E-state index contributed by atoms with van der Waals surface area (Å²) in [6.45, 7) is 4.00. The van der Waals surface area contributed by atoms with E-state index in [1.54, 1.807) is 56.5 Å². The van der Waals surface area contributed by atoms with E-state index in [2.05, 4.69) is 10.6 Å². The van der Waals surface area contributed by atoms with E-state index in [0.29, 0.717) is 17.9 Å². The second-order valence-corrected chi connectivity index (χ2v) is 6.89. The van der Waals surface area contributed by atoms with Gasteiger partial charge in [-0.05, 0) is 61.4 Å². The van der Waals surface area contributed by atoms with Gasteiger partial charge in [-0.1, -0.05) is 25.5 Å². The fraction of sp³-hybridized carbons (Fsp3) is 0.292. The number of amides is 2. The molecule has 2 aromatic carbocycles. The van der Waals surface area contributed by atoms with Gasteiger partial charge in [-0.25, -0.2) is 4.79 Å². The largest absolute Gasteiger partial charge is 0.497 e. The van der Waals surface area contributed by atoms with Crippen LogP contribution < -0.4 is 15.4 Å². The molecule has 2 N–H and O–H groups in total. The summed E-state index contributed by atoms with van der Waals surface area (Å²) in [5.74, 6) is -0.419. The third-order valence-corrected chi connectivity index (χ3v) is 4.41. The Morgan fingerprint density at radius 1 is 1.03 bits per heavy atom. The summed E-state index contributed by atoms with van der Waals surface area (Å²) in [4.78, 5) is 36.3. The molecule has 0 aliphatic heterocycles. The first kappa shape index (κ1) is 23.7. The summed E-state index contributed by atoms with van der Waals surface area (Å²) in [5.41, 5.74) is 1.77. The SMILES string of the molecule is CCCCOC(=O)c1ccc(NC(=O)C(C)NC(=O)/C=C/c2ccc(OC)cc2)cc1. The third kappa shape index (κ3) is 7.97. The minimum atomic E-state index is -0.744. The van der Waals surface area contributed by atoms with Crippen molar-refractivity contribution in [3.05, 3.63) is 65.7 Å². The molecule has 164 valence electrons. The third-order valence-electron chi connectivity index (χ3n) is 4.41. The molecule has 7 heteroatoms. The minimum absolute atomic E-state index is 0.371. The molecule has 0 aliphatic rings. The molecule has 0 heterocycles. The molecule has 0 fully saturated rings. The molecule has 1 atom stereocenters. The van der Waals surface area contributed by atoms with Crippen LogP contribution in [0.4, 0.5) is 5.69 Å². The van der Waals surface area contributed by atoms with E-state index >= 15 is 0 Å². The van der Waals surface area contributed by atoms with Gasteiger partial charge in [0, 0.05) is 11.8 Å². The van der Waals surface area contributed by atoms with Crippen molar-refractivity contribution in [2.45, 2.75) is 32.7 Å². The Hall–Kier alpha value is -3.61. The standard InChI is InChI=1S/C24H28N2O5/c1-4-5-16-31-24(29)19-9-11-20(12-10-19)26-23(28)17(2)25-22(27)15-8-18-6-13-21(30-3)14-7-18/h6-15,17H,4-5,16H2,1-3H3,(H,25,27)(H,26,28)/b15-8+. The molecule has 0 radical (unpaired) electrons. The molecule has 0 saturated heterocycles. The van der Waals surface area contributed by atoms with Crippen molar-refractivity contribution in [1.29, 1.82) is 0 Å². The van der Waals surface area contributed by atoms with E-state index in [0.717, 1.165) is 24.2 Å². The van der Waals surface area contributed by atoms with Crippen LogP contribution in [0.25, 0.3) is 6.08 Å². The van der Waals surface area contributed by atoms with Gasteiger partial charge in [-0.15, -0.1) is 0 Å². The van der Waals surface area contributed by atoms with Crippen LogP contribution in [0.3, 0.4) is 0 Å². The Balaban J connectivity index is 1.83. The zero-order chi connectivity index (χ0) is 22.6. The Kier molecular flexibility index (Phi) is 9.29. The van der Waals surface area contributed by atoms with Crippen LogP contribution in [0.1, 0.15) is 42.6 Å². The Morgan fingerprint density at radius 2 is 1.71 bits per heavy atom. The fourth-order valence-corrected chi connectivity index (χ4v) is 2.55. The molecule has 1 unspecified atom stereocenters. The van der Waals surface area contributed by atoms with Crippen molar-refractivity contribution in [1.82, 2.24) is 5.32 Å². The average Bonchev–Trinajstić information content (AvgIpc) is 2.78. The van der Waals surface area contributed by atoms with Gasteiger partial charge in [0.2, 0.25) is 11.8 Å². The second kappa shape index (κ2) is 12.2. The average molecular weight is 424 g/mol. The highest BCUT2D eigenvalue weighted by atomic mass is 16.5. The minimum Gasteiger partial charge on any atom is -0.497 e. The normalized spacial score (nSPS) is 11.6. The van der Waals surface area contributed by atoms with Crippen molar-refractivity contribution in [2.24, 2.45) is 0 Å². The van der Waals surface area contributed by atoms with Crippen molar-refractivity contribution >= 4 is 29.5 Å². The first-order chi connectivity index (χ1) is 14.9. The highest BCUT2D eigenvalue weighted by Crippen LogP contribution is 2.13. The van der Waals surface area contributed by atoms with Crippen molar-refractivity contribution in [3.63, 3.8) is 0 Å². The molecular formula is C24H28N2O5. The maximum atomic E-state index is 12.3. The molecule has 0 bridgehead atoms. The molecule has 0 saturated carbocycles. The molecular weight excluding hydrogens is 396 g/mol. The first-order valence-corrected chi connectivity index (χ1v) is 10.1. The van der Waals surface area contributed by atoms with E-state index in [4.69, 9.17) is 9.47 Å². The number of esters is 1. The van der Waals surface area contributed by atoms with Gasteiger partial charge in [0.25, 0.3) is 0 Å². The van der Waals surface area contributed by atoms with Crippen LogP contribution in [0.2, 0.25) is 0 Å². The molecule has 2 amide bonds. The van der Waals surface area contributed by atoms with Gasteiger partial charge in [-0.3, -0.25) is 9.59 Å². The van der Waals surface area contributed by atoms with Crippen LogP contribution in [0.5, 0.6) is 5.75 Å². The summed E-state index contributed by atoms with van der Waals surface area (Å²) in [7, 11) is 1.58. The summed E-state index contributed by atoms with van der Waals surface area (Å²) in [6, 6.07) is 12.9. The Morgan fingerprint density at radius 3 is 2.32 bits per heavy atom. The van der Waals surface area contributed by atoms with Gasteiger partial charge in [0.15, 0.2) is 0 Å². The number of hydrogen-bond donors (Lipinski definition) is 2. The number of carbonyl (C=O) groups excluding carboxylic acids is 3. The van der Waals surface area contributed by atoms with Crippen molar-refractivity contribution < 1.29 is 23.9 Å². The van der Waals surface area contributed by atoms with E-state index in [1.807, 2.05) is 19.1 Å². The number of benzene rings is 2. The fourth-order valence-electron chi connectivity index (χ4n) is 2.55. The molecule has 2 aromatic rings. The van der Waals surface area contributed by atoms with E-state index < -0.39 is 12.0 Å². The highest BCUT2D eigenvalue weighted by Gasteiger charge is 2.15. The predicted octanol–water partition coefficient (Wildman–Crippen LogP) is 3.81. The zero-order valence-electron chi connectivity index (χ0n) is 18.0. The van der Waals surface area contributed by atoms with E-state index in [9.17, 15) is 14.4 Å². The number of nitrogens with one attached hydrogen (secondary N) is 2.